The van der Waals surface area contributed by atoms with E-state index in [9.17, 15) is 9.59 Å². The third kappa shape index (κ3) is 6.82. The second-order valence-corrected chi connectivity index (χ2v) is 5.91. The summed E-state index contributed by atoms with van der Waals surface area (Å²) in [5.41, 5.74) is 0. The fourth-order valence-electron chi connectivity index (χ4n) is 1.89. The summed E-state index contributed by atoms with van der Waals surface area (Å²) in [7, 11) is 1.86. The van der Waals surface area contributed by atoms with Gasteiger partial charge in [0.15, 0.2) is 0 Å². The number of likely N-dealkylation sites (tertiary alicyclic amines) is 1. The summed E-state index contributed by atoms with van der Waals surface area (Å²) in [5.74, 6) is 0.935. The molecule has 1 aliphatic heterocycles. The van der Waals surface area contributed by atoms with Crippen LogP contribution in [0.25, 0.3) is 0 Å². The maximum absolute atomic E-state index is 11.9. The van der Waals surface area contributed by atoms with Crippen molar-refractivity contribution >= 4 is 23.6 Å². The molecule has 0 aliphatic carbocycles. The molecule has 0 aromatic rings. The molecular weight excluding hydrogens is 262 g/mol. The number of thioether (sulfide) groups is 1. The summed E-state index contributed by atoms with van der Waals surface area (Å²) in [6.45, 7) is 4.39. The fraction of sp³-hybridized carbons (Fsp3) is 0.846. The molecule has 1 atom stereocenters. The fourth-order valence-corrected chi connectivity index (χ4v) is 2.63. The lowest BCUT2D eigenvalue weighted by molar-refractivity contribution is -0.129. The highest BCUT2D eigenvalue weighted by atomic mass is 32.2. The van der Waals surface area contributed by atoms with Crippen LogP contribution in [0.15, 0.2) is 0 Å². The number of piperidine rings is 1. The molecule has 2 amide bonds. The number of nitrogens with one attached hydrogen (secondary N) is 2. The number of carbonyl (C=O) groups is 2. The monoisotopic (exact) mass is 287 g/mol. The Hall–Kier alpha value is -0.750. The molecule has 1 aliphatic rings. The number of hydrogen-bond acceptors (Lipinski definition) is 4. The van der Waals surface area contributed by atoms with E-state index in [1.54, 1.807) is 0 Å². The molecule has 19 heavy (non-hydrogen) atoms. The minimum Gasteiger partial charge on any atom is -0.354 e. The molecule has 0 spiro atoms. The average Bonchev–Trinajstić information content (AvgIpc) is 2.45. The van der Waals surface area contributed by atoms with Crippen LogP contribution in [0.3, 0.4) is 0 Å². The highest BCUT2D eigenvalue weighted by molar-refractivity contribution is 8.00. The van der Waals surface area contributed by atoms with Gasteiger partial charge in [0.05, 0.1) is 11.5 Å². The van der Waals surface area contributed by atoms with Gasteiger partial charge in [0, 0.05) is 25.7 Å². The zero-order chi connectivity index (χ0) is 14.1. The van der Waals surface area contributed by atoms with E-state index in [0.717, 1.165) is 25.9 Å². The van der Waals surface area contributed by atoms with Crippen molar-refractivity contribution in [2.45, 2.75) is 32.2 Å². The normalized spacial score (nSPS) is 17.1. The van der Waals surface area contributed by atoms with Crippen molar-refractivity contribution in [2.24, 2.45) is 0 Å². The first-order valence-corrected chi connectivity index (χ1v) is 8.08. The lowest BCUT2D eigenvalue weighted by Crippen LogP contribution is -2.39. The summed E-state index contributed by atoms with van der Waals surface area (Å²) in [6, 6.07) is 0.268. The van der Waals surface area contributed by atoms with Crippen molar-refractivity contribution in [3.8, 4) is 0 Å². The topological polar surface area (TPSA) is 61.4 Å². The van der Waals surface area contributed by atoms with Crippen LogP contribution in [0.5, 0.6) is 0 Å². The minimum atomic E-state index is -0.00135. The van der Waals surface area contributed by atoms with E-state index in [1.165, 1.54) is 18.2 Å². The highest BCUT2D eigenvalue weighted by Gasteiger charge is 2.16. The van der Waals surface area contributed by atoms with Gasteiger partial charge in [0.2, 0.25) is 11.8 Å². The molecule has 5 nitrogen and oxygen atoms in total. The molecular formula is C13H25N3O2S. The predicted octanol–water partition coefficient (Wildman–Crippen LogP) is 0.456. The third-order valence-corrected chi connectivity index (χ3v) is 4.18. The van der Waals surface area contributed by atoms with Gasteiger partial charge in [0.25, 0.3) is 0 Å². The smallest absolute Gasteiger partial charge is 0.232 e. The van der Waals surface area contributed by atoms with Gasteiger partial charge < -0.3 is 15.5 Å². The summed E-state index contributed by atoms with van der Waals surface area (Å²) < 4.78 is 0. The van der Waals surface area contributed by atoms with Gasteiger partial charge in [-0.3, -0.25) is 9.59 Å². The largest absolute Gasteiger partial charge is 0.354 e. The van der Waals surface area contributed by atoms with Crippen LogP contribution in [0, 0.1) is 0 Å². The molecule has 0 bridgehead atoms. The molecule has 110 valence electrons. The van der Waals surface area contributed by atoms with Crippen molar-refractivity contribution in [3.05, 3.63) is 0 Å². The predicted molar refractivity (Wildman–Crippen MR) is 79.3 cm³/mol. The van der Waals surface area contributed by atoms with E-state index in [0.29, 0.717) is 18.1 Å². The van der Waals surface area contributed by atoms with Gasteiger partial charge in [-0.2, -0.15) is 0 Å². The Labute approximate surface area is 119 Å². The molecule has 1 fully saturated rings. The standard InChI is InChI=1S/C13H25N3O2S/c1-11(14-2)8-15-12(17)9-19-10-13(18)16-6-4-3-5-7-16/h11,14H,3-10H2,1-2H3,(H,15,17). The van der Waals surface area contributed by atoms with E-state index in [2.05, 4.69) is 10.6 Å². The molecule has 1 unspecified atom stereocenters. The van der Waals surface area contributed by atoms with Gasteiger partial charge in [-0.25, -0.2) is 0 Å². The molecule has 1 saturated heterocycles. The second kappa shape index (κ2) is 9.20. The summed E-state index contributed by atoms with van der Waals surface area (Å²) in [4.78, 5) is 25.3. The van der Waals surface area contributed by atoms with Crippen molar-refractivity contribution in [3.63, 3.8) is 0 Å². The molecule has 6 heteroatoms. The van der Waals surface area contributed by atoms with Crippen molar-refractivity contribution in [1.82, 2.24) is 15.5 Å². The first kappa shape index (κ1) is 16.3. The van der Waals surface area contributed by atoms with E-state index < -0.39 is 0 Å². The Bertz CT molecular complexity index is 294. The van der Waals surface area contributed by atoms with Gasteiger partial charge in [-0.15, -0.1) is 11.8 Å². The zero-order valence-electron chi connectivity index (χ0n) is 11.9. The molecule has 1 rings (SSSR count). The van der Waals surface area contributed by atoms with Crippen LogP contribution in [-0.4, -0.2) is 60.9 Å². The Morgan fingerprint density at radius 2 is 1.89 bits per heavy atom. The lowest BCUT2D eigenvalue weighted by atomic mass is 10.1. The van der Waals surface area contributed by atoms with Crippen LogP contribution >= 0.6 is 11.8 Å². The van der Waals surface area contributed by atoms with Crippen LogP contribution in [0.4, 0.5) is 0 Å². The quantitative estimate of drug-likeness (QED) is 0.714. The summed E-state index contributed by atoms with van der Waals surface area (Å²) in [5, 5.41) is 5.89. The summed E-state index contributed by atoms with van der Waals surface area (Å²) >= 11 is 1.40. The van der Waals surface area contributed by atoms with E-state index >= 15 is 0 Å². The first-order chi connectivity index (χ1) is 9.13. The zero-order valence-corrected chi connectivity index (χ0v) is 12.7. The summed E-state index contributed by atoms with van der Waals surface area (Å²) in [6.07, 6.45) is 3.45. The lowest BCUT2D eigenvalue weighted by Gasteiger charge is -2.26. The number of amides is 2. The van der Waals surface area contributed by atoms with Crippen LogP contribution < -0.4 is 10.6 Å². The minimum absolute atomic E-state index is 0.00135. The van der Waals surface area contributed by atoms with Gasteiger partial charge in [-0.05, 0) is 33.2 Å². The van der Waals surface area contributed by atoms with Crippen LogP contribution in [-0.2, 0) is 9.59 Å². The molecule has 1 heterocycles. The maximum Gasteiger partial charge on any atom is 0.232 e. The Balaban J connectivity index is 2.08. The van der Waals surface area contributed by atoms with Gasteiger partial charge in [-0.1, -0.05) is 0 Å². The third-order valence-electron chi connectivity index (χ3n) is 3.27. The molecule has 0 aromatic heterocycles. The maximum atomic E-state index is 11.9. The highest BCUT2D eigenvalue weighted by Crippen LogP contribution is 2.11. The number of rotatable bonds is 7. The van der Waals surface area contributed by atoms with E-state index in [-0.39, 0.29) is 17.9 Å². The van der Waals surface area contributed by atoms with Crippen LogP contribution in [0.2, 0.25) is 0 Å². The Morgan fingerprint density at radius 1 is 1.21 bits per heavy atom. The van der Waals surface area contributed by atoms with Gasteiger partial charge in [0.1, 0.15) is 0 Å². The Kier molecular flexibility index (Phi) is 7.90. The van der Waals surface area contributed by atoms with E-state index in [4.69, 9.17) is 0 Å². The number of nitrogens with zero attached hydrogens (tertiary/aromatic N) is 1. The number of carbonyl (C=O) groups excluding carboxylic acids is 2. The molecule has 0 aromatic carbocycles. The van der Waals surface area contributed by atoms with E-state index in [1.807, 2.05) is 18.9 Å². The average molecular weight is 287 g/mol. The van der Waals surface area contributed by atoms with Crippen molar-refractivity contribution < 1.29 is 9.59 Å². The van der Waals surface area contributed by atoms with Gasteiger partial charge >= 0.3 is 0 Å². The molecule has 0 saturated carbocycles. The van der Waals surface area contributed by atoms with Crippen molar-refractivity contribution in [2.75, 3.05) is 38.2 Å². The molecule has 0 radical (unpaired) electrons. The van der Waals surface area contributed by atoms with Crippen molar-refractivity contribution in [1.29, 1.82) is 0 Å². The Morgan fingerprint density at radius 3 is 2.53 bits per heavy atom. The molecule has 2 N–H and O–H groups in total. The number of hydrogen-bond donors (Lipinski definition) is 2. The SMILES string of the molecule is CNC(C)CNC(=O)CSCC(=O)N1CCCCC1. The number of likely N-dealkylation sites (N-methyl/N-ethyl adjacent to an activating group) is 1. The van der Waals surface area contributed by atoms with Crippen LogP contribution in [0.1, 0.15) is 26.2 Å². The second-order valence-electron chi connectivity index (χ2n) is 4.93. The first-order valence-electron chi connectivity index (χ1n) is 6.93.